The zero-order valence-electron chi connectivity index (χ0n) is 13.5. The molecule has 2 aromatic heterocycles. The molecule has 0 saturated carbocycles. The van der Waals surface area contributed by atoms with E-state index in [1.165, 1.54) is 23.9 Å². The van der Waals surface area contributed by atoms with Crippen LogP contribution in [0, 0.1) is 5.82 Å². The maximum absolute atomic E-state index is 13.0. The van der Waals surface area contributed by atoms with Gasteiger partial charge < -0.3 is 4.42 Å². The molecule has 4 rings (SSSR count). The first-order valence-electron chi connectivity index (χ1n) is 7.82. The quantitative estimate of drug-likeness (QED) is 0.419. The van der Waals surface area contributed by atoms with Crippen LogP contribution in [-0.4, -0.2) is 14.5 Å². The first kappa shape index (κ1) is 16.9. The van der Waals surface area contributed by atoms with Gasteiger partial charge in [-0.2, -0.15) is 0 Å². The first-order chi connectivity index (χ1) is 12.7. The summed E-state index contributed by atoms with van der Waals surface area (Å²) in [6.07, 6.45) is 5.29. The number of halogens is 2. The van der Waals surface area contributed by atoms with E-state index in [0.29, 0.717) is 22.4 Å². The molecule has 26 heavy (non-hydrogen) atoms. The molecule has 0 fully saturated rings. The second-order valence-corrected chi connectivity index (χ2v) is 6.85. The lowest BCUT2D eigenvalue weighted by molar-refractivity contribution is 0.529. The third-order valence-electron chi connectivity index (χ3n) is 3.72. The van der Waals surface area contributed by atoms with Gasteiger partial charge >= 0.3 is 0 Å². The normalized spacial score (nSPS) is 11.0. The zero-order valence-corrected chi connectivity index (χ0v) is 15.0. The highest BCUT2D eigenvalue weighted by Gasteiger charge is 2.10. The van der Waals surface area contributed by atoms with Gasteiger partial charge in [-0.1, -0.05) is 23.4 Å². The lowest BCUT2D eigenvalue weighted by Gasteiger charge is -2.06. The monoisotopic (exact) mass is 385 g/mol. The van der Waals surface area contributed by atoms with Crippen molar-refractivity contribution in [3.05, 3.63) is 83.9 Å². The van der Waals surface area contributed by atoms with Crippen LogP contribution in [0.5, 0.6) is 0 Å². The maximum atomic E-state index is 13.0. The third kappa shape index (κ3) is 3.66. The molecule has 0 unspecified atom stereocenters. The summed E-state index contributed by atoms with van der Waals surface area (Å²) in [5.41, 5.74) is 1.77. The van der Waals surface area contributed by atoms with Crippen molar-refractivity contribution in [1.29, 1.82) is 0 Å². The average molecular weight is 386 g/mol. The molecule has 0 radical (unpaired) electrons. The SMILES string of the molecule is Fc1ccc(-c2cnc(CSc3nccn3-c3ccc(Cl)cc3)o2)cc1. The standard InChI is InChI=1S/C19H13ClFN3OS/c20-14-3-7-16(8-4-14)24-10-9-22-19(24)26-12-18-23-11-17(25-18)13-1-5-15(21)6-2-13/h1-11H,12H2. The number of hydrogen-bond acceptors (Lipinski definition) is 4. The molecule has 2 aromatic carbocycles. The molecule has 7 heteroatoms. The van der Waals surface area contributed by atoms with E-state index in [1.807, 2.05) is 35.0 Å². The van der Waals surface area contributed by atoms with Gasteiger partial charge in [-0.15, -0.1) is 0 Å². The Bertz CT molecular complexity index is 1010. The molecular formula is C19H13ClFN3OS. The lowest BCUT2D eigenvalue weighted by atomic mass is 10.2. The van der Waals surface area contributed by atoms with Gasteiger partial charge in [-0.25, -0.2) is 14.4 Å². The van der Waals surface area contributed by atoms with Crippen LogP contribution in [0.15, 0.2) is 76.7 Å². The van der Waals surface area contributed by atoms with E-state index in [-0.39, 0.29) is 5.82 Å². The summed E-state index contributed by atoms with van der Waals surface area (Å²) in [5.74, 6) is 1.45. The van der Waals surface area contributed by atoms with Gasteiger partial charge in [0, 0.05) is 28.7 Å². The topological polar surface area (TPSA) is 43.9 Å². The zero-order chi connectivity index (χ0) is 17.9. The van der Waals surface area contributed by atoms with E-state index in [2.05, 4.69) is 9.97 Å². The summed E-state index contributed by atoms with van der Waals surface area (Å²) >= 11 is 7.46. The van der Waals surface area contributed by atoms with Crippen molar-refractivity contribution in [3.8, 4) is 17.0 Å². The molecular weight excluding hydrogens is 373 g/mol. The minimum absolute atomic E-state index is 0.280. The number of aromatic nitrogens is 3. The predicted molar refractivity (Wildman–Crippen MR) is 100 cm³/mol. The van der Waals surface area contributed by atoms with Crippen LogP contribution in [0.25, 0.3) is 17.0 Å². The van der Waals surface area contributed by atoms with Crippen molar-refractivity contribution in [2.24, 2.45) is 0 Å². The van der Waals surface area contributed by atoms with E-state index in [9.17, 15) is 4.39 Å². The molecule has 0 aliphatic rings. The Morgan fingerprint density at radius 1 is 1.04 bits per heavy atom. The number of hydrogen-bond donors (Lipinski definition) is 0. The summed E-state index contributed by atoms with van der Waals surface area (Å²) in [7, 11) is 0. The number of oxazole rings is 1. The Morgan fingerprint density at radius 2 is 1.81 bits per heavy atom. The molecule has 0 aliphatic carbocycles. The summed E-state index contributed by atoms with van der Waals surface area (Å²) in [6, 6.07) is 13.7. The van der Waals surface area contributed by atoms with Gasteiger partial charge in [0.25, 0.3) is 0 Å². The molecule has 4 nitrogen and oxygen atoms in total. The Hall–Kier alpha value is -2.57. The van der Waals surface area contributed by atoms with Crippen molar-refractivity contribution in [1.82, 2.24) is 14.5 Å². The lowest BCUT2D eigenvalue weighted by Crippen LogP contribution is -1.95. The highest BCUT2D eigenvalue weighted by Crippen LogP contribution is 2.27. The van der Waals surface area contributed by atoms with Gasteiger partial charge in [0.05, 0.1) is 11.9 Å². The minimum atomic E-state index is -0.280. The number of benzene rings is 2. The van der Waals surface area contributed by atoms with E-state index >= 15 is 0 Å². The maximum Gasteiger partial charge on any atom is 0.205 e. The van der Waals surface area contributed by atoms with Crippen LogP contribution in [-0.2, 0) is 5.75 Å². The smallest absolute Gasteiger partial charge is 0.205 e. The third-order valence-corrected chi connectivity index (χ3v) is 4.92. The molecule has 0 N–H and O–H groups in total. The average Bonchev–Trinajstić information content (AvgIpc) is 3.30. The van der Waals surface area contributed by atoms with Crippen molar-refractivity contribution in [2.45, 2.75) is 10.9 Å². The molecule has 130 valence electrons. The number of thioether (sulfide) groups is 1. The minimum Gasteiger partial charge on any atom is -0.440 e. The Morgan fingerprint density at radius 3 is 2.58 bits per heavy atom. The first-order valence-corrected chi connectivity index (χ1v) is 9.18. The van der Waals surface area contributed by atoms with Crippen molar-refractivity contribution in [2.75, 3.05) is 0 Å². The summed E-state index contributed by atoms with van der Waals surface area (Å²) in [5, 5.41) is 1.52. The Kier molecular flexibility index (Phi) is 4.77. The fourth-order valence-electron chi connectivity index (χ4n) is 2.45. The number of nitrogens with zero attached hydrogens (tertiary/aromatic N) is 3. The molecule has 0 aliphatic heterocycles. The molecule has 4 aromatic rings. The van der Waals surface area contributed by atoms with Gasteiger partial charge in [0.1, 0.15) is 5.82 Å². The van der Waals surface area contributed by atoms with Crippen LogP contribution in [0.4, 0.5) is 4.39 Å². The molecule has 0 amide bonds. The summed E-state index contributed by atoms with van der Waals surface area (Å²) in [4.78, 5) is 8.68. The van der Waals surface area contributed by atoms with Gasteiger partial charge in [0.15, 0.2) is 10.9 Å². The van der Waals surface area contributed by atoms with Crippen LogP contribution in [0.1, 0.15) is 5.89 Å². The Labute approximate surface area is 158 Å². The van der Waals surface area contributed by atoms with E-state index in [0.717, 1.165) is 16.4 Å². The van der Waals surface area contributed by atoms with E-state index in [4.69, 9.17) is 16.0 Å². The highest BCUT2D eigenvalue weighted by molar-refractivity contribution is 7.98. The molecule has 0 bridgehead atoms. The predicted octanol–water partition coefficient (Wildman–Crippen LogP) is 5.61. The van der Waals surface area contributed by atoms with Gasteiger partial charge in [0.2, 0.25) is 5.89 Å². The second-order valence-electron chi connectivity index (χ2n) is 5.47. The fourth-order valence-corrected chi connectivity index (χ4v) is 3.40. The number of rotatable bonds is 5. The van der Waals surface area contributed by atoms with Gasteiger partial charge in [-0.3, -0.25) is 4.57 Å². The second kappa shape index (κ2) is 7.35. The van der Waals surface area contributed by atoms with Crippen LogP contribution < -0.4 is 0 Å². The van der Waals surface area contributed by atoms with Crippen molar-refractivity contribution >= 4 is 23.4 Å². The molecule has 2 heterocycles. The van der Waals surface area contributed by atoms with E-state index < -0.39 is 0 Å². The van der Waals surface area contributed by atoms with Crippen molar-refractivity contribution in [3.63, 3.8) is 0 Å². The van der Waals surface area contributed by atoms with E-state index in [1.54, 1.807) is 24.5 Å². The largest absolute Gasteiger partial charge is 0.440 e. The highest BCUT2D eigenvalue weighted by atomic mass is 35.5. The summed E-state index contributed by atoms with van der Waals surface area (Å²) < 4.78 is 20.8. The molecule has 0 atom stereocenters. The van der Waals surface area contributed by atoms with Crippen LogP contribution in [0.2, 0.25) is 5.02 Å². The number of imidazole rings is 1. The molecule has 0 spiro atoms. The summed E-state index contributed by atoms with van der Waals surface area (Å²) in [6.45, 7) is 0. The van der Waals surface area contributed by atoms with Gasteiger partial charge in [-0.05, 0) is 48.5 Å². The molecule has 0 saturated heterocycles. The Balaban J connectivity index is 1.48. The van der Waals surface area contributed by atoms with Crippen molar-refractivity contribution < 1.29 is 8.81 Å². The van der Waals surface area contributed by atoms with Crippen LogP contribution in [0.3, 0.4) is 0 Å². The van der Waals surface area contributed by atoms with Crippen LogP contribution >= 0.6 is 23.4 Å². The fraction of sp³-hybridized carbons (Fsp3) is 0.0526.